The topological polar surface area (TPSA) is 26.3 Å². The van der Waals surface area contributed by atoms with E-state index in [1.165, 1.54) is 47.8 Å². The molecule has 3 rings (SSSR count). The Morgan fingerprint density at radius 2 is 1.43 bits per heavy atom. The van der Waals surface area contributed by atoms with E-state index in [0.29, 0.717) is 5.56 Å². The summed E-state index contributed by atoms with van der Waals surface area (Å²) in [6.45, 7) is 2.23. The average molecular weight is 373 g/mol. The first kappa shape index (κ1) is 19.9. The van der Waals surface area contributed by atoms with Crippen LogP contribution in [0.1, 0.15) is 46.8 Å². The van der Waals surface area contributed by atoms with E-state index in [0.717, 1.165) is 19.3 Å². The van der Waals surface area contributed by atoms with Crippen LogP contribution >= 0.6 is 0 Å². The third-order valence-corrected chi connectivity index (χ3v) is 5.16. The fourth-order valence-corrected chi connectivity index (χ4v) is 3.46. The summed E-state index contributed by atoms with van der Waals surface area (Å²) < 4.78 is 4.76. The highest BCUT2D eigenvalue weighted by molar-refractivity contribution is 5.89. The van der Waals surface area contributed by atoms with Gasteiger partial charge >= 0.3 is 5.97 Å². The molecule has 0 aliphatic rings. The van der Waals surface area contributed by atoms with Crippen LogP contribution in [-0.2, 0) is 24.0 Å². The maximum atomic E-state index is 11.6. The van der Waals surface area contributed by atoms with Gasteiger partial charge in [-0.2, -0.15) is 0 Å². The van der Waals surface area contributed by atoms with Crippen molar-refractivity contribution in [2.75, 3.05) is 7.11 Å². The number of esters is 1. The first-order valence-corrected chi connectivity index (χ1v) is 10.1. The molecule has 2 nitrogen and oxygen atoms in total. The van der Waals surface area contributed by atoms with Gasteiger partial charge in [0.2, 0.25) is 0 Å². The summed E-state index contributed by atoms with van der Waals surface area (Å²) in [5.41, 5.74) is 7.15. The van der Waals surface area contributed by atoms with E-state index in [-0.39, 0.29) is 5.97 Å². The Morgan fingerprint density at radius 3 is 2.11 bits per heavy atom. The summed E-state index contributed by atoms with van der Waals surface area (Å²) in [4.78, 5) is 11.6. The van der Waals surface area contributed by atoms with Crippen LogP contribution in [0.15, 0.2) is 72.8 Å². The minimum absolute atomic E-state index is 0.292. The second kappa shape index (κ2) is 9.89. The van der Waals surface area contributed by atoms with Crippen LogP contribution < -0.4 is 0 Å². The monoisotopic (exact) mass is 372 g/mol. The largest absolute Gasteiger partial charge is 0.465 e. The van der Waals surface area contributed by atoms with Crippen LogP contribution in [0.4, 0.5) is 0 Å². The molecule has 144 valence electrons. The van der Waals surface area contributed by atoms with Crippen LogP contribution in [0, 0.1) is 0 Å². The second-order valence-electron chi connectivity index (χ2n) is 7.15. The van der Waals surface area contributed by atoms with E-state index >= 15 is 0 Å². The Balaban J connectivity index is 1.71. The average Bonchev–Trinajstić information content (AvgIpc) is 2.76. The van der Waals surface area contributed by atoms with E-state index in [1.54, 1.807) is 0 Å². The lowest BCUT2D eigenvalue weighted by atomic mass is 9.94. The van der Waals surface area contributed by atoms with Gasteiger partial charge in [-0.3, -0.25) is 0 Å². The predicted octanol–water partition coefficient (Wildman–Crippen LogP) is 6.27. The molecule has 0 N–H and O–H groups in total. The minimum Gasteiger partial charge on any atom is -0.465 e. The summed E-state index contributed by atoms with van der Waals surface area (Å²) in [5.74, 6) is -0.292. The molecule has 0 amide bonds. The van der Waals surface area contributed by atoms with E-state index in [4.69, 9.17) is 4.74 Å². The third kappa shape index (κ3) is 5.10. The summed E-state index contributed by atoms with van der Waals surface area (Å²) >= 11 is 0. The van der Waals surface area contributed by atoms with Crippen molar-refractivity contribution in [2.24, 2.45) is 0 Å². The van der Waals surface area contributed by atoms with Crippen LogP contribution in [0.2, 0.25) is 0 Å². The summed E-state index contributed by atoms with van der Waals surface area (Å²) in [6.07, 6.45) is 5.52. The third-order valence-electron chi connectivity index (χ3n) is 5.16. The van der Waals surface area contributed by atoms with Gasteiger partial charge in [0, 0.05) is 0 Å². The fraction of sp³-hybridized carbons (Fsp3) is 0.269. The molecule has 3 aromatic carbocycles. The summed E-state index contributed by atoms with van der Waals surface area (Å²) in [7, 11) is 1.41. The van der Waals surface area contributed by atoms with Gasteiger partial charge in [-0.1, -0.05) is 74.0 Å². The molecule has 0 saturated heterocycles. The van der Waals surface area contributed by atoms with Gasteiger partial charge in [-0.15, -0.1) is 0 Å². The highest BCUT2D eigenvalue weighted by Gasteiger charge is 2.07. The van der Waals surface area contributed by atoms with Crippen molar-refractivity contribution in [3.8, 4) is 11.1 Å². The number of ether oxygens (including phenoxy) is 1. The molecular weight excluding hydrogens is 344 g/mol. The normalized spacial score (nSPS) is 10.6. The maximum absolute atomic E-state index is 11.6. The van der Waals surface area contributed by atoms with Gasteiger partial charge in [0.1, 0.15) is 0 Å². The number of methoxy groups -OCH3 is 1. The highest BCUT2D eigenvalue weighted by Crippen LogP contribution is 2.25. The number of carbonyl (C=O) groups excluding carboxylic acids is 1. The van der Waals surface area contributed by atoms with Crippen molar-refractivity contribution in [3.63, 3.8) is 0 Å². The quantitative estimate of drug-likeness (QED) is 0.436. The van der Waals surface area contributed by atoms with Crippen molar-refractivity contribution in [1.29, 1.82) is 0 Å². The lowest BCUT2D eigenvalue weighted by molar-refractivity contribution is 0.0600. The molecule has 0 radical (unpaired) electrons. The molecule has 0 unspecified atom stereocenters. The van der Waals surface area contributed by atoms with Crippen molar-refractivity contribution >= 4 is 5.97 Å². The Morgan fingerprint density at radius 1 is 0.786 bits per heavy atom. The van der Waals surface area contributed by atoms with Gasteiger partial charge < -0.3 is 4.74 Å². The van der Waals surface area contributed by atoms with Crippen LogP contribution in [0.5, 0.6) is 0 Å². The Labute approximate surface area is 168 Å². The Bertz CT molecular complexity index is 892. The van der Waals surface area contributed by atoms with Crippen LogP contribution in [0.3, 0.4) is 0 Å². The van der Waals surface area contributed by atoms with Gasteiger partial charge in [-0.25, -0.2) is 4.79 Å². The van der Waals surface area contributed by atoms with E-state index in [2.05, 4.69) is 55.5 Å². The summed E-state index contributed by atoms with van der Waals surface area (Å²) in [6, 6.07) is 25.3. The molecule has 28 heavy (non-hydrogen) atoms. The standard InChI is InChI=1S/C26H28O2/c1-3-4-7-20-10-16-23(17-11-20)25-9-6-5-8-22(25)15-12-21-13-18-24(19-14-21)26(27)28-2/h5-6,8-11,13-14,16-19H,3-4,7,12,15H2,1-2H3. The van der Waals surface area contributed by atoms with E-state index < -0.39 is 0 Å². The highest BCUT2D eigenvalue weighted by atomic mass is 16.5. The zero-order valence-electron chi connectivity index (χ0n) is 16.8. The smallest absolute Gasteiger partial charge is 0.337 e. The van der Waals surface area contributed by atoms with Gasteiger partial charge in [0.05, 0.1) is 12.7 Å². The number of hydrogen-bond donors (Lipinski definition) is 0. The van der Waals surface area contributed by atoms with E-state index in [1.807, 2.05) is 24.3 Å². The number of unbranched alkanes of at least 4 members (excludes halogenated alkanes) is 1. The van der Waals surface area contributed by atoms with Crippen LogP contribution in [-0.4, -0.2) is 13.1 Å². The SMILES string of the molecule is CCCCc1ccc(-c2ccccc2CCc2ccc(C(=O)OC)cc2)cc1. The van der Waals surface area contributed by atoms with Crippen molar-refractivity contribution in [3.05, 3.63) is 95.1 Å². The molecule has 0 heterocycles. The number of carbonyl (C=O) groups is 1. The molecular formula is C26H28O2. The molecule has 3 aromatic rings. The molecule has 0 fully saturated rings. The van der Waals surface area contributed by atoms with Crippen molar-refractivity contribution in [1.82, 2.24) is 0 Å². The van der Waals surface area contributed by atoms with Gasteiger partial charge in [0.25, 0.3) is 0 Å². The Kier molecular flexibility index (Phi) is 7.02. The number of hydrogen-bond acceptors (Lipinski definition) is 2. The molecule has 0 bridgehead atoms. The first-order valence-electron chi connectivity index (χ1n) is 10.1. The second-order valence-corrected chi connectivity index (χ2v) is 7.15. The maximum Gasteiger partial charge on any atom is 0.337 e. The molecule has 0 aromatic heterocycles. The molecule has 2 heteroatoms. The fourth-order valence-electron chi connectivity index (χ4n) is 3.46. The lowest BCUT2D eigenvalue weighted by Gasteiger charge is -2.11. The molecule has 0 aliphatic carbocycles. The van der Waals surface area contributed by atoms with Gasteiger partial charge in [0.15, 0.2) is 0 Å². The zero-order chi connectivity index (χ0) is 19.8. The number of aryl methyl sites for hydroxylation is 3. The molecule has 0 atom stereocenters. The van der Waals surface area contributed by atoms with Crippen molar-refractivity contribution < 1.29 is 9.53 Å². The summed E-state index contributed by atoms with van der Waals surface area (Å²) in [5, 5.41) is 0. The van der Waals surface area contributed by atoms with Crippen LogP contribution in [0.25, 0.3) is 11.1 Å². The lowest BCUT2D eigenvalue weighted by Crippen LogP contribution is -2.01. The zero-order valence-corrected chi connectivity index (χ0v) is 16.8. The van der Waals surface area contributed by atoms with Gasteiger partial charge in [-0.05, 0) is 65.6 Å². The first-order chi connectivity index (χ1) is 13.7. The Hall–Kier alpha value is -2.87. The molecule has 0 aliphatic heterocycles. The number of rotatable bonds is 8. The predicted molar refractivity (Wildman–Crippen MR) is 116 cm³/mol. The minimum atomic E-state index is -0.292. The molecule has 0 spiro atoms. The molecule has 0 saturated carbocycles. The van der Waals surface area contributed by atoms with Crippen molar-refractivity contribution in [2.45, 2.75) is 39.0 Å². The van der Waals surface area contributed by atoms with E-state index in [9.17, 15) is 4.79 Å². The number of benzene rings is 3.